The number of aliphatic imine (C=N–C) groups is 1. The van der Waals surface area contributed by atoms with Gasteiger partial charge in [-0.15, -0.1) is 0 Å². The quantitative estimate of drug-likeness (QED) is 0.494. The first-order valence-electron chi connectivity index (χ1n) is 2.68. The molecule has 4 heteroatoms. The van der Waals surface area contributed by atoms with E-state index in [1.54, 1.807) is 6.92 Å². The summed E-state index contributed by atoms with van der Waals surface area (Å²) in [5, 5.41) is 8.61. The third kappa shape index (κ3) is 3.25. The molecule has 3 nitrogen and oxygen atoms in total. The van der Waals surface area contributed by atoms with Gasteiger partial charge in [0.2, 0.25) is 0 Å². The van der Waals surface area contributed by atoms with E-state index in [0.29, 0.717) is 0 Å². The minimum absolute atomic E-state index is 0.0347. The predicted octanol–water partition coefficient (Wildman–Crippen LogP) is 1.63. The van der Waals surface area contributed by atoms with Crippen LogP contribution in [0.3, 0.4) is 0 Å². The molecule has 0 saturated heterocycles. The fraction of sp³-hybridized carbons (Fsp3) is 0.333. The Labute approximate surface area is 64.0 Å². The molecule has 0 aromatic rings. The SMILES string of the molecule is C/C=C(\N=C(/C)Cl)C(=O)O. The number of halogens is 1. The van der Waals surface area contributed by atoms with Gasteiger partial charge in [0.25, 0.3) is 0 Å². The zero-order chi connectivity index (χ0) is 8.15. The van der Waals surface area contributed by atoms with Crippen LogP contribution >= 0.6 is 11.6 Å². The molecule has 0 bridgehead atoms. The number of carboxylic acids is 1. The summed E-state index contributed by atoms with van der Waals surface area (Å²) in [4.78, 5) is 13.8. The lowest BCUT2D eigenvalue weighted by molar-refractivity contribution is -0.132. The summed E-state index contributed by atoms with van der Waals surface area (Å²) in [7, 11) is 0. The van der Waals surface area contributed by atoms with Crippen LogP contribution in [-0.4, -0.2) is 16.2 Å². The summed E-state index contributed by atoms with van der Waals surface area (Å²) in [5.74, 6) is -1.07. The van der Waals surface area contributed by atoms with Gasteiger partial charge >= 0.3 is 5.97 Å². The number of hydrogen-bond acceptors (Lipinski definition) is 2. The third-order valence-electron chi connectivity index (χ3n) is 0.767. The normalized spacial score (nSPS) is 13.5. The standard InChI is InChI=1S/C6H8ClNO2/c1-3-5(6(9)10)8-4(2)7/h3H,1-2H3,(H,9,10)/b5-3-,8-4+. The number of carboxylic acid groups (broad SMARTS) is 1. The molecule has 0 unspecified atom stereocenters. The highest BCUT2D eigenvalue weighted by Crippen LogP contribution is 1.98. The van der Waals surface area contributed by atoms with Crippen molar-refractivity contribution in [2.45, 2.75) is 13.8 Å². The van der Waals surface area contributed by atoms with Gasteiger partial charge in [-0.2, -0.15) is 0 Å². The van der Waals surface area contributed by atoms with E-state index in [4.69, 9.17) is 16.7 Å². The zero-order valence-corrected chi connectivity index (χ0v) is 6.51. The molecule has 0 aliphatic heterocycles. The van der Waals surface area contributed by atoms with Crippen LogP contribution in [0.4, 0.5) is 0 Å². The highest BCUT2D eigenvalue weighted by atomic mass is 35.5. The number of hydrogen-bond donors (Lipinski definition) is 1. The van der Waals surface area contributed by atoms with E-state index < -0.39 is 5.97 Å². The molecule has 1 N–H and O–H groups in total. The van der Waals surface area contributed by atoms with Crippen LogP contribution in [0.15, 0.2) is 16.8 Å². The molecular weight excluding hydrogens is 154 g/mol. The molecule has 0 aromatic heterocycles. The molecular formula is C6H8ClNO2. The van der Waals surface area contributed by atoms with Crippen LogP contribution in [0.25, 0.3) is 0 Å². The Kier molecular flexibility index (Phi) is 3.72. The molecule has 0 aliphatic rings. The van der Waals surface area contributed by atoms with Crippen molar-refractivity contribution in [3.8, 4) is 0 Å². The monoisotopic (exact) mass is 161 g/mol. The van der Waals surface area contributed by atoms with E-state index in [0.717, 1.165) is 0 Å². The fourth-order valence-electron chi connectivity index (χ4n) is 0.402. The van der Waals surface area contributed by atoms with Gasteiger partial charge in [-0.1, -0.05) is 17.7 Å². The fourth-order valence-corrected chi connectivity index (χ4v) is 0.493. The maximum atomic E-state index is 10.2. The maximum absolute atomic E-state index is 10.2. The summed E-state index contributed by atoms with van der Waals surface area (Å²) in [5.41, 5.74) is -0.0347. The summed E-state index contributed by atoms with van der Waals surface area (Å²) in [6.45, 7) is 3.11. The number of rotatable bonds is 2. The molecule has 56 valence electrons. The Morgan fingerprint density at radius 3 is 2.30 bits per heavy atom. The Morgan fingerprint density at radius 2 is 2.20 bits per heavy atom. The summed E-state index contributed by atoms with van der Waals surface area (Å²) < 4.78 is 0. The van der Waals surface area contributed by atoms with E-state index in [1.165, 1.54) is 13.0 Å². The van der Waals surface area contributed by atoms with Crippen molar-refractivity contribution >= 4 is 22.7 Å². The molecule has 10 heavy (non-hydrogen) atoms. The average Bonchev–Trinajstić information content (AvgIpc) is 1.81. The number of carbonyl (C=O) groups is 1. The number of nitrogens with zero attached hydrogens (tertiary/aromatic N) is 1. The van der Waals surface area contributed by atoms with Crippen LogP contribution in [0, 0.1) is 0 Å². The molecule has 0 aromatic carbocycles. The molecule has 0 radical (unpaired) electrons. The van der Waals surface area contributed by atoms with Crippen molar-refractivity contribution < 1.29 is 9.90 Å². The number of aliphatic carboxylic acids is 1. The Hall–Kier alpha value is -0.830. The molecule has 0 heterocycles. The van der Waals surface area contributed by atoms with Crippen molar-refractivity contribution in [3.05, 3.63) is 11.8 Å². The van der Waals surface area contributed by atoms with Crippen LogP contribution in [0.2, 0.25) is 0 Å². The van der Waals surface area contributed by atoms with E-state index in [-0.39, 0.29) is 10.9 Å². The van der Waals surface area contributed by atoms with Crippen LogP contribution < -0.4 is 0 Å². The molecule has 0 aliphatic carbocycles. The highest BCUT2D eigenvalue weighted by molar-refractivity contribution is 6.65. The smallest absolute Gasteiger partial charge is 0.354 e. The third-order valence-corrected chi connectivity index (χ3v) is 0.852. The van der Waals surface area contributed by atoms with E-state index in [9.17, 15) is 4.79 Å². The van der Waals surface area contributed by atoms with Crippen molar-refractivity contribution in [2.75, 3.05) is 0 Å². The van der Waals surface area contributed by atoms with Crippen LogP contribution in [-0.2, 0) is 4.79 Å². The second kappa shape index (κ2) is 4.06. The summed E-state index contributed by atoms with van der Waals surface area (Å²) >= 11 is 5.34. The molecule has 0 fully saturated rings. The lowest BCUT2D eigenvalue weighted by Crippen LogP contribution is -1.98. The minimum Gasteiger partial charge on any atom is -0.477 e. The first kappa shape index (κ1) is 9.17. The summed E-state index contributed by atoms with van der Waals surface area (Å²) in [6, 6.07) is 0. The van der Waals surface area contributed by atoms with E-state index in [1.807, 2.05) is 0 Å². The molecule has 0 amide bonds. The molecule has 0 atom stereocenters. The van der Waals surface area contributed by atoms with Gasteiger partial charge in [-0.3, -0.25) is 0 Å². The van der Waals surface area contributed by atoms with Crippen molar-refractivity contribution in [1.29, 1.82) is 0 Å². The van der Waals surface area contributed by atoms with Crippen molar-refractivity contribution in [1.82, 2.24) is 0 Å². The van der Waals surface area contributed by atoms with Crippen molar-refractivity contribution in [3.63, 3.8) is 0 Å². The molecule has 0 saturated carbocycles. The number of allylic oxidation sites excluding steroid dienone is 1. The van der Waals surface area contributed by atoms with Gasteiger partial charge in [-0.25, -0.2) is 9.79 Å². The Bertz CT molecular complexity index is 192. The Balaban J connectivity index is 4.42. The van der Waals surface area contributed by atoms with Gasteiger partial charge in [-0.05, 0) is 13.8 Å². The topological polar surface area (TPSA) is 49.7 Å². The van der Waals surface area contributed by atoms with Gasteiger partial charge in [0.05, 0.1) is 0 Å². The molecule has 0 spiro atoms. The second-order valence-corrected chi connectivity index (χ2v) is 2.13. The lowest BCUT2D eigenvalue weighted by atomic mass is 10.4. The van der Waals surface area contributed by atoms with Crippen molar-refractivity contribution in [2.24, 2.45) is 4.99 Å². The molecule has 0 rings (SSSR count). The Morgan fingerprint density at radius 1 is 1.70 bits per heavy atom. The largest absolute Gasteiger partial charge is 0.477 e. The predicted molar refractivity (Wildman–Crippen MR) is 40.4 cm³/mol. The zero-order valence-electron chi connectivity index (χ0n) is 5.76. The second-order valence-electron chi connectivity index (χ2n) is 1.59. The highest BCUT2D eigenvalue weighted by Gasteiger charge is 2.02. The average molecular weight is 162 g/mol. The lowest BCUT2D eigenvalue weighted by Gasteiger charge is -1.91. The first-order valence-corrected chi connectivity index (χ1v) is 3.06. The van der Waals surface area contributed by atoms with Crippen LogP contribution in [0.1, 0.15) is 13.8 Å². The van der Waals surface area contributed by atoms with Gasteiger partial charge in [0.1, 0.15) is 10.9 Å². The van der Waals surface area contributed by atoms with Gasteiger partial charge in [0.15, 0.2) is 0 Å². The van der Waals surface area contributed by atoms with Crippen LogP contribution in [0.5, 0.6) is 0 Å². The minimum atomic E-state index is -1.07. The summed E-state index contributed by atoms with van der Waals surface area (Å²) in [6.07, 6.45) is 1.38. The van der Waals surface area contributed by atoms with Gasteiger partial charge < -0.3 is 5.11 Å². The van der Waals surface area contributed by atoms with E-state index >= 15 is 0 Å². The van der Waals surface area contributed by atoms with E-state index in [2.05, 4.69) is 4.99 Å². The first-order chi connectivity index (χ1) is 4.57. The maximum Gasteiger partial charge on any atom is 0.354 e. The van der Waals surface area contributed by atoms with Gasteiger partial charge in [0, 0.05) is 0 Å².